The summed E-state index contributed by atoms with van der Waals surface area (Å²) in [5.41, 5.74) is -0.434. The number of esters is 1. The van der Waals surface area contributed by atoms with Crippen LogP contribution in [-0.2, 0) is 9.53 Å². The first-order valence-electron chi connectivity index (χ1n) is 6.06. The van der Waals surface area contributed by atoms with Crippen molar-refractivity contribution in [1.82, 2.24) is 10.6 Å². The highest BCUT2D eigenvalue weighted by atomic mass is 35.5. The highest BCUT2D eigenvalue weighted by molar-refractivity contribution is 5.85. The van der Waals surface area contributed by atoms with E-state index >= 15 is 0 Å². The lowest BCUT2D eigenvalue weighted by Crippen LogP contribution is -2.41. The summed E-state index contributed by atoms with van der Waals surface area (Å²) in [4.78, 5) is 11.4. The topological polar surface area (TPSA) is 50.4 Å². The number of ether oxygens (including phenoxy) is 1. The molecule has 0 aromatic rings. The second-order valence-electron chi connectivity index (χ2n) is 5.22. The van der Waals surface area contributed by atoms with Crippen LogP contribution in [0.5, 0.6) is 0 Å². The van der Waals surface area contributed by atoms with Crippen molar-refractivity contribution in [2.75, 3.05) is 33.3 Å². The van der Waals surface area contributed by atoms with Crippen LogP contribution in [0.1, 0.15) is 26.7 Å². The number of hydrogen-bond acceptors (Lipinski definition) is 4. The van der Waals surface area contributed by atoms with Gasteiger partial charge in [0.25, 0.3) is 0 Å². The van der Waals surface area contributed by atoms with Crippen LogP contribution < -0.4 is 10.6 Å². The van der Waals surface area contributed by atoms with Crippen LogP contribution in [0.4, 0.5) is 0 Å². The van der Waals surface area contributed by atoms with E-state index in [0.717, 1.165) is 19.6 Å². The summed E-state index contributed by atoms with van der Waals surface area (Å²) < 4.78 is 4.77. The number of carbonyl (C=O) groups excluding carboxylic acids is 1. The normalized spacial score (nSPS) is 20.5. The fraction of sp³-hybridized carbons (Fsp3) is 0.917. The predicted molar refractivity (Wildman–Crippen MR) is 71.5 cm³/mol. The first-order valence-corrected chi connectivity index (χ1v) is 6.06. The molecule has 1 aliphatic heterocycles. The minimum atomic E-state index is -0.434. The molecule has 0 bridgehead atoms. The Morgan fingerprint density at radius 1 is 1.53 bits per heavy atom. The maximum absolute atomic E-state index is 11.4. The minimum Gasteiger partial charge on any atom is -0.469 e. The molecule has 1 heterocycles. The van der Waals surface area contributed by atoms with E-state index in [4.69, 9.17) is 4.74 Å². The number of nitrogens with one attached hydrogen (secondary N) is 2. The molecule has 1 atom stereocenters. The van der Waals surface area contributed by atoms with Crippen LogP contribution in [0.15, 0.2) is 0 Å². The molecule has 0 radical (unpaired) electrons. The summed E-state index contributed by atoms with van der Waals surface area (Å²) in [5.74, 6) is 0.545. The van der Waals surface area contributed by atoms with Crippen molar-refractivity contribution in [3.63, 3.8) is 0 Å². The predicted octanol–water partition coefficient (Wildman–Crippen LogP) is 1.20. The van der Waals surface area contributed by atoms with E-state index < -0.39 is 5.41 Å². The van der Waals surface area contributed by atoms with E-state index in [2.05, 4.69) is 10.6 Å². The zero-order valence-corrected chi connectivity index (χ0v) is 11.9. The Morgan fingerprint density at radius 2 is 2.24 bits per heavy atom. The lowest BCUT2D eigenvalue weighted by atomic mass is 9.93. The molecule has 1 rings (SSSR count). The molecule has 0 aromatic carbocycles. The molecule has 4 nitrogen and oxygen atoms in total. The van der Waals surface area contributed by atoms with Gasteiger partial charge in [0.15, 0.2) is 0 Å². The third-order valence-corrected chi connectivity index (χ3v) is 3.14. The van der Waals surface area contributed by atoms with Crippen molar-refractivity contribution in [3.8, 4) is 0 Å². The number of carbonyl (C=O) groups is 1. The Hall–Kier alpha value is -0.320. The monoisotopic (exact) mass is 264 g/mol. The fourth-order valence-electron chi connectivity index (χ4n) is 2.04. The molecule has 0 aromatic heterocycles. The number of halogens is 1. The fourth-order valence-corrected chi connectivity index (χ4v) is 2.04. The molecule has 102 valence electrons. The highest BCUT2D eigenvalue weighted by Crippen LogP contribution is 2.16. The molecule has 5 heteroatoms. The van der Waals surface area contributed by atoms with E-state index in [1.54, 1.807) is 0 Å². The average Bonchev–Trinajstić information content (AvgIpc) is 2.29. The smallest absolute Gasteiger partial charge is 0.312 e. The van der Waals surface area contributed by atoms with Gasteiger partial charge in [-0.15, -0.1) is 12.4 Å². The molecule has 0 aliphatic carbocycles. The molecular formula is C12H25ClN2O2. The van der Waals surface area contributed by atoms with E-state index in [1.807, 2.05) is 13.8 Å². The molecule has 1 fully saturated rings. The summed E-state index contributed by atoms with van der Waals surface area (Å²) in [6.45, 7) is 7.70. The highest BCUT2D eigenvalue weighted by Gasteiger charge is 2.28. The summed E-state index contributed by atoms with van der Waals surface area (Å²) in [6.07, 6.45) is 2.53. The third kappa shape index (κ3) is 5.70. The van der Waals surface area contributed by atoms with Gasteiger partial charge in [-0.1, -0.05) is 0 Å². The molecule has 0 spiro atoms. The zero-order valence-electron chi connectivity index (χ0n) is 11.0. The molecule has 17 heavy (non-hydrogen) atoms. The van der Waals surface area contributed by atoms with Crippen molar-refractivity contribution in [2.24, 2.45) is 11.3 Å². The zero-order chi connectivity index (χ0) is 12.0. The summed E-state index contributed by atoms with van der Waals surface area (Å²) in [7, 11) is 1.44. The van der Waals surface area contributed by atoms with Crippen molar-refractivity contribution in [1.29, 1.82) is 0 Å². The van der Waals surface area contributed by atoms with Gasteiger partial charge in [0.2, 0.25) is 0 Å². The van der Waals surface area contributed by atoms with Gasteiger partial charge >= 0.3 is 5.97 Å². The van der Waals surface area contributed by atoms with E-state index in [-0.39, 0.29) is 18.4 Å². The van der Waals surface area contributed by atoms with Gasteiger partial charge < -0.3 is 15.4 Å². The van der Waals surface area contributed by atoms with Gasteiger partial charge in [-0.3, -0.25) is 4.79 Å². The Kier molecular flexibility index (Phi) is 7.75. The molecule has 2 N–H and O–H groups in total. The molecule has 0 saturated carbocycles. The summed E-state index contributed by atoms with van der Waals surface area (Å²) >= 11 is 0. The van der Waals surface area contributed by atoms with E-state index in [9.17, 15) is 4.79 Å². The minimum absolute atomic E-state index is 0. The second-order valence-corrected chi connectivity index (χ2v) is 5.22. The van der Waals surface area contributed by atoms with Gasteiger partial charge in [-0.05, 0) is 52.2 Å². The van der Waals surface area contributed by atoms with Crippen LogP contribution in [0.3, 0.4) is 0 Å². The first-order chi connectivity index (χ1) is 7.56. The first kappa shape index (κ1) is 16.7. The van der Waals surface area contributed by atoms with Gasteiger partial charge in [-0.2, -0.15) is 0 Å². The molecular weight excluding hydrogens is 240 g/mol. The van der Waals surface area contributed by atoms with Gasteiger partial charge in [0.1, 0.15) is 0 Å². The van der Waals surface area contributed by atoms with E-state index in [1.165, 1.54) is 20.0 Å². The van der Waals surface area contributed by atoms with Crippen LogP contribution >= 0.6 is 12.4 Å². The SMILES string of the molecule is COC(=O)C(C)(C)CNCC1CCCNC1.Cl. The van der Waals surface area contributed by atoms with Gasteiger partial charge in [0.05, 0.1) is 12.5 Å². The Balaban J connectivity index is 0.00000256. The molecule has 1 unspecified atom stereocenters. The number of hydrogen-bond donors (Lipinski definition) is 2. The third-order valence-electron chi connectivity index (χ3n) is 3.14. The molecule has 1 aliphatic rings. The Bertz CT molecular complexity index is 229. The van der Waals surface area contributed by atoms with E-state index in [0.29, 0.717) is 12.5 Å². The van der Waals surface area contributed by atoms with Crippen molar-refractivity contribution in [3.05, 3.63) is 0 Å². The second kappa shape index (κ2) is 7.90. The maximum atomic E-state index is 11.4. The lowest BCUT2D eigenvalue weighted by Gasteiger charge is -2.26. The van der Waals surface area contributed by atoms with Gasteiger partial charge in [0, 0.05) is 6.54 Å². The largest absolute Gasteiger partial charge is 0.469 e. The number of piperidine rings is 1. The maximum Gasteiger partial charge on any atom is 0.312 e. The van der Waals surface area contributed by atoms with Crippen LogP contribution in [-0.4, -0.2) is 39.3 Å². The molecule has 1 saturated heterocycles. The van der Waals surface area contributed by atoms with Crippen molar-refractivity contribution >= 4 is 18.4 Å². The standard InChI is InChI=1S/C12H24N2O2.ClH/c1-12(2,11(15)16-3)9-14-8-10-5-4-6-13-7-10;/h10,13-14H,4-9H2,1-3H3;1H. The average molecular weight is 265 g/mol. The lowest BCUT2D eigenvalue weighted by molar-refractivity contribution is -0.150. The Labute approximate surface area is 110 Å². The number of methoxy groups -OCH3 is 1. The quantitative estimate of drug-likeness (QED) is 0.733. The van der Waals surface area contributed by atoms with Crippen LogP contribution in [0, 0.1) is 11.3 Å². The van der Waals surface area contributed by atoms with Crippen LogP contribution in [0.25, 0.3) is 0 Å². The van der Waals surface area contributed by atoms with Crippen molar-refractivity contribution in [2.45, 2.75) is 26.7 Å². The summed E-state index contributed by atoms with van der Waals surface area (Å²) in [5, 5.41) is 6.75. The molecule has 0 amide bonds. The van der Waals surface area contributed by atoms with Crippen LogP contribution in [0.2, 0.25) is 0 Å². The van der Waals surface area contributed by atoms with Crippen molar-refractivity contribution < 1.29 is 9.53 Å². The Morgan fingerprint density at radius 3 is 2.76 bits per heavy atom. The summed E-state index contributed by atoms with van der Waals surface area (Å²) in [6, 6.07) is 0. The van der Waals surface area contributed by atoms with Gasteiger partial charge in [-0.25, -0.2) is 0 Å². The number of rotatable bonds is 5.